The number of carbonyl (C=O) groups is 1. The lowest BCUT2D eigenvalue weighted by Crippen LogP contribution is -2.19. The molecule has 0 heterocycles. The van der Waals surface area contributed by atoms with E-state index in [4.69, 9.17) is 14.2 Å². The van der Waals surface area contributed by atoms with Gasteiger partial charge in [-0.15, -0.1) is 0 Å². The van der Waals surface area contributed by atoms with E-state index in [1.807, 2.05) is 19.1 Å². The maximum atomic E-state index is 11.5. The van der Waals surface area contributed by atoms with Gasteiger partial charge in [-0.2, -0.15) is 0 Å². The maximum absolute atomic E-state index is 11.5. The lowest BCUT2D eigenvalue weighted by Gasteiger charge is -2.07. The first-order valence-corrected chi connectivity index (χ1v) is 5.85. The van der Waals surface area contributed by atoms with Crippen molar-refractivity contribution in [3.63, 3.8) is 0 Å². The maximum Gasteiger partial charge on any atom is 0.250 e. The van der Waals surface area contributed by atoms with Crippen LogP contribution >= 0.6 is 0 Å². The van der Waals surface area contributed by atoms with E-state index in [0.29, 0.717) is 19.8 Å². The molecule has 1 aromatic carbocycles. The number of methoxy groups -OCH3 is 1. The highest BCUT2D eigenvalue weighted by atomic mass is 16.5. The van der Waals surface area contributed by atoms with Crippen LogP contribution in [0.1, 0.15) is 6.92 Å². The molecule has 1 aromatic rings. The predicted octanol–water partition coefficient (Wildman–Crippen LogP) is 1.69. The molecule has 1 rings (SSSR count). The number of rotatable bonds is 8. The summed E-state index contributed by atoms with van der Waals surface area (Å²) in [6.07, 6.45) is 0. The summed E-state index contributed by atoms with van der Waals surface area (Å²) in [5.74, 6) is 0.599. The van der Waals surface area contributed by atoms with Gasteiger partial charge in [-0.3, -0.25) is 4.79 Å². The van der Waals surface area contributed by atoms with Gasteiger partial charge in [-0.1, -0.05) is 0 Å². The van der Waals surface area contributed by atoms with Gasteiger partial charge in [0.2, 0.25) is 5.91 Å². The summed E-state index contributed by atoms with van der Waals surface area (Å²) in [5.41, 5.74) is 0.721. The summed E-state index contributed by atoms with van der Waals surface area (Å²) in [4.78, 5) is 11.5. The monoisotopic (exact) mass is 253 g/mol. The molecule has 0 aliphatic carbocycles. The minimum absolute atomic E-state index is 0.0244. The number of benzene rings is 1. The van der Waals surface area contributed by atoms with Crippen LogP contribution in [0.3, 0.4) is 0 Å². The van der Waals surface area contributed by atoms with Crippen molar-refractivity contribution in [1.29, 1.82) is 0 Å². The predicted molar refractivity (Wildman–Crippen MR) is 68.9 cm³/mol. The largest absolute Gasteiger partial charge is 0.494 e. The molecule has 1 amide bonds. The number of ether oxygens (including phenoxy) is 3. The van der Waals surface area contributed by atoms with Gasteiger partial charge in [0, 0.05) is 12.8 Å². The van der Waals surface area contributed by atoms with Crippen LogP contribution < -0.4 is 10.1 Å². The molecule has 5 nitrogen and oxygen atoms in total. The van der Waals surface area contributed by atoms with Crippen molar-refractivity contribution in [2.45, 2.75) is 6.92 Å². The summed E-state index contributed by atoms with van der Waals surface area (Å²) in [6, 6.07) is 7.20. The Morgan fingerprint density at radius 2 is 1.94 bits per heavy atom. The van der Waals surface area contributed by atoms with Crippen LogP contribution in [0.5, 0.6) is 5.75 Å². The van der Waals surface area contributed by atoms with Crippen LogP contribution in [-0.4, -0.2) is 39.4 Å². The van der Waals surface area contributed by atoms with Gasteiger partial charge in [0.25, 0.3) is 0 Å². The third-order valence-electron chi connectivity index (χ3n) is 2.11. The standard InChI is InChI=1S/C13H19NO4/c1-3-18-12-6-4-11(5-7-12)14-13(15)10-17-9-8-16-2/h4-7H,3,8-10H2,1-2H3,(H,14,15). The van der Waals surface area contributed by atoms with Crippen molar-refractivity contribution in [3.8, 4) is 5.75 Å². The van der Waals surface area contributed by atoms with Crippen molar-refractivity contribution in [3.05, 3.63) is 24.3 Å². The molecule has 0 radical (unpaired) electrons. The molecule has 0 fully saturated rings. The Balaban J connectivity index is 2.30. The summed E-state index contributed by atoms with van der Waals surface area (Å²) < 4.78 is 15.2. The molecule has 18 heavy (non-hydrogen) atoms. The van der Waals surface area contributed by atoms with Crippen molar-refractivity contribution in [2.24, 2.45) is 0 Å². The van der Waals surface area contributed by atoms with E-state index in [9.17, 15) is 4.79 Å². The van der Waals surface area contributed by atoms with Crippen molar-refractivity contribution in [1.82, 2.24) is 0 Å². The minimum atomic E-state index is -0.185. The molecule has 0 saturated carbocycles. The zero-order chi connectivity index (χ0) is 13.2. The third-order valence-corrected chi connectivity index (χ3v) is 2.11. The molecule has 0 aliphatic heterocycles. The van der Waals surface area contributed by atoms with Crippen LogP contribution in [0.15, 0.2) is 24.3 Å². The van der Waals surface area contributed by atoms with Crippen LogP contribution in [0.2, 0.25) is 0 Å². The second-order valence-corrected chi connectivity index (χ2v) is 3.55. The first kappa shape index (κ1) is 14.5. The van der Waals surface area contributed by atoms with Gasteiger partial charge in [-0.05, 0) is 31.2 Å². The first-order chi connectivity index (χ1) is 8.76. The molecule has 0 atom stereocenters. The third kappa shape index (κ3) is 5.65. The summed E-state index contributed by atoms with van der Waals surface area (Å²) in [6.45, 7) is 3.46. The Morgan fingerprint density at radius 3 is 2.56 bits per heavy atom. The van der Waals surface area contributed by atoms with E-state index >= 15 is 0 Å². The van der Waals surface area contributed by atoms with E-state index in [-0.39, 0.29) is 12.5 Å². The average Bonchev–Trinajstić information content (AvgIpc) is 2.37. The Bertz CT molecular complexity index is 351. The smallest absolute Gasteiger partial charge is 0.250 e. The number of anilines is 1. The summed E-state index contributed by atoms with van der Waals surface area (Å²) in [5, 5.41) is 2.73. The topological polar surface area (TPSA) is 56.8 Å². The molecular formula is C13H19NO4. The zero-order valence-corrected chi connectivity index (χ0v) is 10.8. The minimum Gasteiger partial charge on any atom is -0.494 e. The summed E-state index contributed by atoms with van der Waals surface area (Å²) >= 11 is 0. The van der Waals surface area contributed by atoms with Crippen molar-refractivity contribution < 1.29 is 19.0 Å². The Kier molecular flexibility index (Phi) is 6.83. The molecule has 0 aliphatic rings. The molecule has 0 aromatic heterocycles. The van der Waals surface area contributed by atoms with Crippen LogP contribution in [-0.2, 0) is 14.3 Å². The van der Waals surface area contributed by atoms with Crippen LogP contribution in [0.25, 0.3) is 0 Å². The second kappa shape index (κ2) is 8.49. The lowest BCUT2D eigenvalue weighted by atomic mass is 10.3. The Labute approximate surface area is 107 Å². The second-order valence-electron chi connectivity index (χ2n) is 3.55. The molecule has 0 unspecified atom stereocenters. The van der Waals surface area contributed by atoms with E-state index in [1.54, 1.807) is 19.2 Å². The SMILES string of the molecule is CCOc1ccc(NC(=O)COCCOC)cc1. The molecule has 0 saturated heterocycles. The fourth-order valence-corrected chi connectivity index (χ4v) is 1.31. The first-order valence-electron chi connectivity index (χ1n) is 5.85. The van der Waals surface area contributed by atoms with E-state index in [1.165, 1.54) is 0 Å². The summed E-state index contributed by atoms with van der Waals surface area (Å²) in [7, 11) is 1.59. The quantitative estimate of drug-likeness (QED) is 0.716. The van der Waals surface area contributed by atoms with E-state index in [2.05, 4.69) is 5.32 Å². The lowest BCUT2D eigenvalue weighted by molar-refractivity contribution is -0.121. The normalized spacial score (nSPS) is 10.1. The van der Waals surface area contributed by atoms with Gasteiger partial charge < -0.3 is 19.5 Å². The van der Waals surface area contributed by atoms with Crippen LogP contribution in [0, 0.1) is 0 Å². The molecule has 1 N–H and O–H groups in total. The molecule has 0 spiro atoms. The van der Waals surface area contributed by atoms with Crippen molar-refractivity contribution >= 4 is 11.6 Å². The van der Waals surface area contributed by atoms with Gasteiger partial charge in [0.15, 0.2) is 0 Å². The molecular weight excluding hydrogens is 234 g/mol. The van der Waals surface area contributed by atoms with Gasteiger partial charge in [0.1, 0.15) is 12.4 Å². The van der Waals surface area contributed by atoms with Crippen molar-refractivity contribution in [2.75, 3.05) is 38.9 Å². The van der Waals surface area contributed by atoms with Gasteiger partial charge in [-0.25, -0.2) is 0 Å². The molecule has 100 valence electrons. The van der Waals surface area contributed by atoms with Gasteiger partial charge >= 0.3 is 0 Å². The van der Waals surface area contributed by atoms with Gasteiger partial charge in [0.05, 0.1) is 19.8 Å². The van der Waals surface area contributed by atoms with Crippen LogP contribution in [0.4, 0.5) is 5.69 Å². The number of hydrogen-bond donors (Lipinski definition) is 1. The highest BCUT2D eigenvalue weighted by Gasteiger charge is 2.02. The number of carbonyl (C=O) groups excluding carboxylic acids is 1. The Morgan fingerprint density at radius 1 is 1.22 bits per heavy atom. The number of hydrogen-bond acceptors (Lipinski definition) is 4. The fourth-order valence-electron chi connectivity index (χ4n) is 1.31. The zero-order valence-electron chi connectivity index (χ0n) is 10.8. The van der Waals surface area contributed by atoms with E-state index in [0.717, 1.165) is 11.4 Å². The number of amides is 1. The average molecular weight is 253 g/mol. The Hall–Kier alpha value is -1.59. The number of nitrogens with one attached hydrogen (secondary N) is 1. The van der Waals surface area contributed by atoms with E-state index < -0.39 is 0 Å². The molecule has 5 heteroatoms. The highest BCUT2D eigenvalue weighted by molar-refractivity contribution is 5.91. The molecule has 0 bridgehead atoms. The fraction of sp³-hybridized carbons (Fsp3) is 0.462. The highest BCUT2D eigenvalue weighted by Crippen LogP contribution is 2.15.